The van der Waals surface area contributed by atoms with Crippen LogP contribution in [-0.4, -0.2) is 17.6 Å². The zero-order valence-electron chi connectivity index (χ0n) is 11.0. The Hall–Kier alpha value is -0.990. The Morgan fingerprint density at radius 1 is 1.31 bits per heavy atom. The van der Waals surface area contributed by atoms with Crippen molar-refractivity contribution in [3.8, 4) is 0 Å². The molecular formula is C13H25NO2. The van der Waals surface area contributed by atoms with Gasteiger partial charge in [0.1, 0.15) is 0 Å². The largest absolute Gasteiger partial charge is 0.478 e. The Morgan fingerprint density at radius 2 is 1.94 bits per heavy atom. The Kier molecular flexibility index (Phi) is 7.69. The average Bonchev–Trinajstić information content (AvgIpc) is 2.27. The van der Waals surface area contributed by atoms with E-state index in [1.807, 2.05) is 6.92 Å². The monoisotopic (exact) mass is 227 g/mol. The highest BCUT2D eigenvalue weighted by Gasteiger charge is 2.08. The molecular weight excluding hydrogens is 202 g/mol. The van der Waals surface area contributed by atoms with Gasteiger partial charge in [-0.3, -0.25) is 0 Å². The third kappa shape index (κ3) is 5.79. The highest BCUT2D eigenvalue weighted by molar-refractivity contribution is 5.86. The van der Waals surface area contributed by atoms with Gasteiger partial charge in [0.15, 0.2) is 0 Å². The van der Waals surface area contributed by atoms with Gasteiger partial charge >= 0.3 is 5.97 Å². The fraction of sp³-hybridized carbons (Fsp3) is 0.769. The minimum absolute atomic E-state index is 0.408. The zero-order chi connectivity index (χ0) is 12.6. The molecule has 2 N–H and O–H groups in total. The lowest BCUT2D eigenvalue weighted by molar-refractivity contribution is -0.132. The molecule has 0 saturated heterocycles. The highest BCUT2D eigenvalue weighted by Crippen LogP contribution is 2.12. The Balaban J connectivity index is 4.10. The first-order valence-corrected chi connectivity index (χ1v) is 6.17. The number of unbranched alkanes of at least 4 members (excludes halogenated alkanes) is 1. The fourth-order valence-corrected chi connectivity index (χ4v) is 1.53. The van der Waals surface area contributed by atoms with Crippen molar-refractivity contribution in [3.05, 3.63) is 11.3 Å². The van der Waals surface area contributed by atoms with Crippen LogP contribution in [0.25, 0.3) is 0 Å². The van der Waals surface area contributed by atoms with Gasteiger partial charge in [0.25, 0.3) is 0 Å². The topological polar surface area (TPSA) is 49.3 Å². The van der Waals surface area contributed by atoms with Crippen LogP contribution in [0.4, 0.5) is 0 Å². The fourth-order valence-electron chi connectivity index (χ4n) is 1.53. The SMILES string of the molecule is CCCCC(CC)CNC(C)=C(C)C(=O)O. The maximum Gasteiger partial charge on any atom is 0.333 e. The van der Waals surface area contributed by atoms with Gasteiger partial charge in [-0.25, -0.2) is 4.79 Å². The number of hydrogen-bond acceptors (Lipinski definition) is 2. The first-order chi connectivity index (χ1) is 7.52. The standard InChI is InChI=1S/C13H25NO2/c1-5-7-8-12(6-2)9-14-11(4)10(3)13(15)16/h12,14H,5-9H2,1-4H3,(H,15,16). The number of nitrogens with one attached hydrogen (secondary N) is 1. The van der Waals surface area contributed by atoms with Crippen LogP contribution in [0.1, 0.15) is 53.4 Å². The van der Waals surface area contributed by atoms with Gasteiger partial charge in [-0.15, -0.1) is 0 Å². The molecule has 0 bridgehead atoms. The molecule has 3 heteroatoms. The number of hydrogen-bond donors (Lipinski definition) is 2. The number of carboxylic acid groups (broad SMARTS) is 1. The molecule has 94 valence electrons. The van der Waals surface area contributed by atoms with Crippen LogP contribution in [-0.2, 0) is 4.79 Å². The summed E-state index contributed by atoms with van der Waals surface area (Å²) >= 11 is 0. The molecule has 16 heavy (non-hydrogen) atoms. The van der Waals surface area contributed by atoms with Crippen molar-refractivity contribution in [1.82, 2.24) is 5.32 Å². The van der Waals surface area contributed by atoms with Crippen LogP contribution in [0.3, 0.4) is 0 Å². The van der Waals surface area contributed by atoms with E-state index in [1.54, 1.807) is 6.92 Å². The van der Waals surface area contributed by atoms with Gasteiger partial charge < -0.3 is 10.4 Å². The average molecular weight is 227 g/mol. The molecule has 3 nitrogen and oxygen atoms in total. The summed E-state index contributed by atoms with van der Waals surface area (Å²) in [7, 11) is 0. The third-order valence-electron chi connectivity index (χ3n) is 3.08. The van der Waals surface area contributed by atoms with Crippen LogP contribution in [0.15, 0.2) is 11.3 Å². The molecule has 0 radical (unpaired) electrons. The molecule has 0 saturated carbocycles. The molecule has 0 aromatic heterocycles. The minimum Gasteiger partial charge on any atom is -0.478 e. The molecule has 0 aliphatic carbocycles. The van der Waals surface area contributed by atoms with E-state index in [-0.39, 0.29) is 0 Å². The maximum absolute atomic E-state index is 10.7. The first-order valence-electron chi connectivity index (χ1n) is 6.17. The lowest BCUT2D eigenvalue weighted by atomic mass is 9.99. The van der Waals surface area contributed by atoms with Crippen molar-refractivity contribution in [2.45, 2.75) is 53.4 Å². The summed E-state index contributed by atoms with van der Waals surface area (Å²) in [6.45, 7) is 8.73. The van der Waals surface area contributed by atoms with Gasteiger partial charge in [0.05, 0.1) is 5.57 Å². The van der Waals surface area contributed by atoms with Crippen LogP contribution in [0.5, 0.6) is 0 Å². The van der Waals surface area contributed by atoms with Gasteiger partial charge in [0, 0.05) is 12.2 Å². The molecule has 0 spiro atoms. The van der Waals surface area contributed by atoms with Crippen LogP contribution in [0, 0.1) is 5.92 Å². The lowest BCUT2D eigenvalue weighted by Crippen LogP contribution is -2.23. The number of aliphatic carboxylic acids is 1. The predicted molar refractivity (Wildman–Crippen MR) is 67.3 cm³/mol. The number of carbonyl (C=O) groups is 1. The Morgan fingerprint density at radius 3 is 2.38 bits per heavy atom. The molecule has 0 aliphatic heterocycles. The minimum atomic E-state index is -0.841. The summed E-state index contributed by atoms with van der Waals surface area (Å²) in [5, 5.41) is 12.0. The highest BCUT2D eigenvalue weighted by atomic mass is 16.4. The second-order valence-corrected chi connectivity index (χ2v) is 4.35. The van der Waals surface area contributed by atoms with Crippen molar-refractivity contribution in [2.24, 2.45) is 5.92 Å². The second-order valence-electron chi connectivity index (χ2n) is 4.35. The second kappa shape index (κ2) is 8.20. The van der Waals surface area contributed by atoms with E-state index in [2.05, 4.69) is 19.2 Å². The van der Waals surface area contributed by atoms with Crippen molar-refractivity contribution in [2.75, 3.05) is 6.54 Å². The van der Waals surface area contributed by atoms with Gasteiger partial charge in [0.2, 0.25) is 0 Å². The molecule has 0 amide bonds. The third-order valence-corrected chi connectivity index (χ3v) is 3.08. The van der Waals surface area contributed by atoms with E-state index in [9.17, 15) is 4.79 Å². The van der Waals surface area contributed by atoms with Crippen molar-refractivity contribution in [3.63, 3.8) is 0 Å². The van der Waals surface area contributed by atoms with E-state index < -0.39 is 5.97 Å². The van der Waals surface area contributed by atoms with Gasteiger partial charge in [-0.05, 0) is 26.2 Å². The van der Waals surface area contributed by atoms with Crippen LogP contribution < -0.4 is 5.32 Å². The molecule has 0 rings (SSSR count). The Labute approximate surface area is 98.9 Å². The first kappa shape index (κ1) is 15.0. The van der Waals surface area contributed by atoms with Crippen molar-refractivity contribution in [1.29, 1.82) is 0 Å². The number of rotatable bonds is 8. The lowest BCUT2D eigenvalue weighted by Gasteiger charge is -2.17. The molecule has 0 aromatic rings. The zero-order valence-corrected chi connectivity index (χ0v) is 11.0. The molecule has 0 heterocycles. The maximum atomic E-state index is 10.7. The molecule has 1 unspecified atom stereocenters. The molecule has 0 fully saturated rings. The molecule has 1 atom stereocenters. The predicted octanol–water partition coefficient (Wildman–Crippen LogP) is 3.17. The van der Waals surface area contributed by atoms with Crippen molar-refractivity contribution < 1.29 is 9.90 Å². The summed E-state index contributed by atoms with van der Waals surface area (Å²) < 4.78 is 0. The van der Waals surface area contributed by atoms with E-state index in [0.29, 0.717) is 11.5 Å². The van der Waals surface area contributed by atoms with Crippen LogP contribution >= 0.6 is 0 Å². The van der Waals surface area contributed by atoms with Gasteiger partial charge in [-0.2, -0.15) is 0 Å². The van der Waals surface area contributed by atoms with E-state index >= 15 is 0 Å². The Bertz CT molecular complexity index is 246. The summed E-state index contributed by atoms with van der Waals surface area (Å²) in [6.07, 6.45) is 4.84. The normalized spacial score (nSPS) is 14.2. The summed E-state index contributed by atoms with van der Waals surface area (Å²) in [5.74, 6) is -0.192. The summed E-state index contributed by atoms with van der Waals surface area (Å²) in [4.78, 5) is 10.7. The van der Waals surface area contributed by atoms with E-state index in [0.717, 1.165) is 18.7 Å². The smallest absolute Gasteiger partial charge is 0.333 e. The van der Waals surface area contributed by atoms with Crippen LogP contribution in [0.2, 0.25) is 0 Å². The van der Waals surface area contributed by atoms with E-state index in [1.165, 1.54) is 19.3 Å². The molecule has 0 aromatic carbocycles. The number of carboxylic acids is 1. The molecule has 0 aliphatic rings. The summed E-state index contributed by atoms with van der Waals surface area (Å²) in [6, 6.07) is 0. The van der Waals surface area contributed by atoms with Crippen molar-refractivity contribution >= 4 is 5.97 Å². The number of allylic oxidation sites excluding steroid dienone is 1. The van der Waals surface area contributed by atoms with E-state index in [4.69, 9.17) is 5.11 Å². The quantitative estimate of drug-likeness (QED) is 0.626. The van der Waals surface area contributed by atoms with Gasteiger partial charge in [-0.1, -0.05) is 33.1 Å². The summed E-state index contributed by atoms with van der Waals surface area (Å²) in [5.41, 5.74) is 1.19.